The molecule has 0 unspecified atom stereocenters. The maximum Gasteiger partial charge on any atom is 0.0800 e. The van der Waals surface area contributed by atoms with Gasteiger partial charge in [-0.05, 0) is 72.1 Å². The summed E-state index contributed by atoms with van der Waals surface area (Å²) in [6, 6.07) is 0. The number of hydrogen-bond donors (Lipinski definition) is 1. The molecular formula is C20H32O. The molecule has 2 atom stereocenters. The summed E-state index contributed by atoms with van der Waals surface area (Å²) in [4.78, 5) is 0. The van der Waals surface area contributed by atoms with Crippen molar-refractivity contribution in [3.8, 4) is 0 Å². The number of hydrogen-bond acceptors (Lipinski definition) is 1. The van der Waals surface area contributed by atoms with Crippen molar-refractivity contribution in [3.05, 3.63) is 47.6 Å². The van der Waals surface area contributed by atoms with Gasteiger partial charge in [0.25, 0.3) is 0 Å². The Kier molecular flexibility index (Phi) is 7.17. The predicted octanol–water partition coefficient (Wildman–Crippen LogP) is 5.73. The first kappa shape index (κ1) is 18.0. The van der Waals surface area contributed by atoms with E-state index < -0.39 is 5.60 Å². The molecule has 0 aromatic heterocycles. The van der Waals surface area contributed by atoms with Crippen LogP contribution in [0, 0.1) is 5.92 Å². The van der Waals surface area contributed by atoms with Gasteiger partial charge in [-0.15, -0.1) is 0 Å². The molecule has 0 spiro atoms. The smallest absolute Gasteiger partial charge is 0.0800 e. The minimum absolute atomic E-state index is 0.472. The Morgan fingerprint density at radius 3 is 2.67 bits per heavy atom. The van der Waals surface area contributed by atoms with E-state index in [1.807, 2.05) is 13.0 Å². The van der Waals surface area contributed by atoms with Crippen LogP contribution in [0.2, 0.25) is 0 Å². The van der Waals surface area contributed by atoms with Crippen LogP contribution >= 0.6 is 0 Å². The van der Waals surface area contributed by atoms with Crippen molar-refractivity contribution >= 4 is 0 Å². The normalized spacial score (nSPS) is 35.8. The highest BCUT2D eigenvalue weighted by molar-refractivity contribution is 5.11. The second-order valence-electron chi connectivity index (χ2n) is 6.92. The van der Waals surface area contributed by atoms with E-state index in [9.17, 15) is 5.11 Å². The fraction of sp³-hybridized carbons (Fsp3) is 0.600. The van der Waals surface area contributed by atoms with Gasteiger partial charge in [0.2, 0.25) is 0 Å². The molecule has 0 saturated carbocycles. The van der Waals surface area contributed by atoms with E-state index in [4.69, 9.17) is 0 Å². The lowest BCUT2D eigenvalue weighted by Gasteiger charge is -2.23. The van der Waals surface area contributed by atoms with Crippen LogP contribution in [-0.2, 0) is 0 Å². The van der Waals surface area contributed by atoms with E-state index in [-0.39, 0.29) is 0 Å². The van der Waals surface area contributed by atoms with Gasteiger partial charge in [0.1, 0.15) is 0 Å². The summed E-state index contributed by atoms with van der Waals surface area (Å²) in [6.07, 6.45) is 14.8. The van der Waals surface area contributed by atoms with Crippen LogP contribution in [0.5, 0.6) is 0 Å². The molecule has 0 radical (unpaired) electrons. The maximum absolute atomic E-state index is 10.5. The van der Waals surface area contributed by atoms with E-state index in [1.54, 1.807) is 0 Å². The molecule has 21 heavy (non-hydrogen) atoms. The third-order valence-electron chi connectivity index (χ3n) is 4.39. The molecule has 0 amide bonds. The minimum Gasteiger partial charge on any atom is -0.386 e. The Bertz CT molecular complexity index is 435. The molecule has 0 aliphatic heterocycles. The molecule has 0 heterocycles. The van der Waals surface area contributed by atoms with Crippen molar-refractivity contribution in [1.29, 1.82) is 0 Å². The molecule has 1 aliphatic carbocycles. The zero-order chi connectivity index (χ0) is 15.9. The number of aliphatic hydroxyl groups is 1. The lowest BCUT2D eigenvalue weighted by Crippen LogP contribution is -2.22. The minimum atomic E-state index is -0.711. The molecule has 1 rings (SSSR count). The van der Waals surface area contributed by atoms with Crippen molar-refractivity contribution in [2.45, 2.75) is 71.8 Å². The summed E-state index contributed by atoms with van der Waals surface area (Å²) in [5, 5.41) is 10.5. The Labute approximate surface area is 131 Å². The molecule has 1 aliphatic rings. The molecule has 118 valence electrons. The molecule has 1 N–H and O–H groups in total. The molecule has 1 heteroatoms. The summed E-state index contributed by atoms with van der Waals surface area (Å²) in [7, 11) is 0. The van der Waals surface area contributed by atoms with Gasteiger partial charge in [-0.1, -0.05) is 47.6 Å². The van der Waals surface area contributed by atoms with Crippen LogP contribution in [0.1, 0.15) is 66.2 Å². The molecule has 0 bridgehead atoms. The Hall–Kier alpha value is -1.08. The second-order valence-corrected chi connectivity index (χ2v) is 6.92. The van der Waals surface area contributed by atoms with Crippen LogP contribution in [0.4, 0.5) is 0 Å². The average Bonchev–Trinajstić information content (AvgIpc) is 2.37. The fourth-order valence-corrected chi connectivity index (χ4v) is 2.69. The summed E-state index contributed by atoms with van der Waals surface area (Å²) < 4.78 is 0. The van der Waals surface area contributed by atoms with Crippen LogP contribution in [0.3, 0.4) is 0 Å². The third kappa shape index (κ3) is 7.47. The molecule has 0 saturated heterocycles. The second kappa shape index (κ2) is 8.38. The first-order chi connectivity index (χ1) is 9.80. The first-order valence-electron chi connectivity index (χ1n) is 8.17. The largest absolute Gasteiger partial charge is 0.386 e. The molecule has 0 fully saturated rings. The van der Waals surface area contributed by atoms with Gasteiger partial charge < -0.3 is 5.11 Å². The monoisotopic (exact) mass is 288 g/mol. The van der Waals surface area contributed by atoms with Crippen LogP contribution in [-0.4, -0.2) is 10.7 Å². The van der Waals surface area contributed by atoms with Crippen molar-refractivity contribution in [3.63, 3.8) is 0 Å². The highest BCUT2D eigenvalue weighted by Crippen LogP contribution is 2.26. The first-order valence-corrected chi connectivity index (χ1v) is 8.17. The van der Waals surface area contributed by atoms with E-state index in [1.165, 1.54) is 16.7 Å². The van der Waals surface area contributed by atoms with Gasteiger partial charge in [0.15, 0.2) is 0 Å². The van der Waals surface area contributed by atoms with Crippen LogP contribution in [0.25, 0.3) is 0 Å². The summed E-state index contributed by atoms with van der Waals surface area (Å²) in [6.45, 7) is 12.5. The van der Waals surface area contributed by atoms with E-state index in [0.717, 1.165) is 38.5 Å². The zero-order valence-corrected chi connectivity index (χ0v) is 14.3. The van der Waals surface area contributed by atoms with Crippen molar-refractivity contribution in [1.82, 2.24) is 0 Å². The molecule has 0 aromatic rings. The van der Waals surface area contributed by atoms with Crippen LogP contribution < -0.4 is 0 Å². The average molecular weight is 288 g/mol. The van der Waals surface area contributed by atoms with E-state index in [0.29, 0.717) is 5.92 Å². The highest BCUT2D eigenvalue weighted by Gasteiger charge is 2.19. The molecular weight excluding hydrogens is 256 g/mol. The van der Waals surface area contributed by atoms with E-state index in [2.05, 4.69) is 45.6 Å². The summed E-state index contributed by atoms with van der Waals surface area (Å²) in [5.41, 5.74) is 3.36. The Morgan fingerprint density at radius 2 is 2.00 bits per heavy atom. The maximum atomic E-state index is 10.5. The fourth-order valence-electron chi connectivity index (χ4n) is 2.69. The predicted molar refractivity (Wildman–Crippen MR) is 93.3 cm³/mol. The topological polar surface area (TPSA) is 20.2 Å². The summed E-state index contributed by atoms with van der Waals surface area (Å²) in [5.74, 6) is 0.472. The van der Waals surface area contributed by atoms with Gasteiger partial charge in [-0.2, -0.15) is 0 Å². The van der Waals surface area contributed by atoms with Gasteiger partial charge in [-0.3, -0.25) is 0 Å². The number of allylic oxidation sites excluding steroid dienone is 6. The number of rotatable bonds is 1. The van der Waals surface area contributed by atoms with Gasteiger partial charge >= 0.3 is 0 Å². The highest BCUT2D eigenvalue weighted by atomic mass is 16.3. The molecule has 0 aromatic carbocycles. The van der Waals surface area contributed by atoms with Gasteiger partial charge in [0.05, 0.1) is 5.60 Å². The standard InChI is InChI=1S/C20H32O/c1-16(2)19-12-11-18(4)9-6-8-17(3)10-7-14-20(5,21)15-13-19/h7-8,11,14,19,21H,1,6,9-10,12-13,15H2,2-5H3/b14-7+,17-8+,18-11+/t19-,20-/m1/s1. The Morgan fingerprint density at radius 1 is 1.29 bits per heavy atom. The molecule has 1 nitrogen and oxygen atoms in total. The quantitative estimate of drug-likeness (QED) is 0.611. The zero-order valence-electron chi connectivity index (χ0n) is 14.3. The van der Waals surface area contributed by atoms with Crippen LogP contribution in [0.15, 0.2) is 47.6 Å². The van der Waals surface area contributed by atoms with Gasteiger partial charge in [-0.25, -0.2) is 0 Å². The van der Waals surface area contributed by atoms with Crippen molar-refractivity contribution < 1.29 is 5.11 Å². The van der Waals surface area contributed by atoms with Gasteiger partial charge in [0, 0.05) is 0 Å². The van der Waals surface area contributed by atoms with E-state index >= 15 is 0 Å². The SMILES string of the molecule is C=C(C)[C@@H]1C/C=C(\C)CC/C=C(\C)C/C=C/[C@@](C)(O)CC1. The van der Waals surface area contributed by atoms with Crippen molar-refractivity contribution in [2.24, 2.45) is 5.92 Å². The third-order valence-corrected chi connectivity index (χ3v) is 4.39. The van der Waals surface area contributed by atoms with Crippen molar-refractivity contribution in [2.75, 3.05) is 0 Å². The summed E-state index contributed by atoms with van der Waals surface area (Å²) >= 11 is 0. The Balaban J connectivity index is 2.87. The lowest BCUT2D eigenvalue weighted by molar-refractivity contribution is 0.0950. The lowest BCUT2D eigenvalue weighted by atomic mass is 9.86.